The van der Waals surface area contributed by atoms with E-state index in [0.29, 0.717) is 23.7 Å². The van der Waals surface area contributed by atoms with Crippen molar-refractivity contribution >= 4 is 22.9 Å². The summed E-state index contributed by atoms with van der Waals surface area (Å²) in [5.74, 6) is 0.642. The molecule has 2 aromatic heterocycles. The largest absolute Gasteiger partial charge is 0.494 e. The molecular weight excluding hydrogens is 372 g/mol. The van der Waals surface area contributed by atoms with Gasteiger partial charge in [0.25, 0.3) is 0 Å². The summed E-state index contributed by atoms with van der Waals surface area (Å²) in [5, 5.41) is 9.32. The number of aryl methyl sites for hydroxylation is 1. The third kappa shape index (κ3) is 4.65. The van der Waals surface area contributed by atoms with Gasteiger partial charge in [-0.05, 0) is 35.7 Å². The molecule has 0 aliphatic carbocycles. The minimum atomic E-state index is -0.324. The summed E-state index contributed by atoms with van der Waals surface area (Å²) in [5.41, 5.74) is 2.94. The number of alkyl halides is 1. The number of halogens is 1. The smallest absolute Gasteiger partial charge is 0.307 e. The van der Waals surface area contributed by atoms with Crippen molar-refractivity contribution in [2.45, 2.75) is 25.1 Å². The van der Waals surface area contributed by atoms with Crippen LogP contribution in [0.2, 0.25) is 0 Å². The van der Waals surface area contributed by atoms with Gasteiger partial charge in [-0.2, -0.15) is 0 Å². The van der Waals surface area contributed by atoms with E-state index in [1.54, 1.807) is 0 Å². The van der Waals surface area contributed by atoms with E-state index in [2.05, 4.69) is 16.9 Å². The highest BCUT2D eigenvalue weighted by atomic mass is 35.5. The van der Waals surface area contributed by atoms with E-state index in [1.807, 2.05) is 42.6 Å². The molecule has 7 heteroatoms. The van der Waals surface area contributed by atoms with Gasteiger partial charge in [0.15, 0.2) is 0 Å². The molecule has 1 unspecified atom stereocenters. The Hall–Kier alpha value is -2.31. The summed E-state index contributed by atoms with van der Waals surface area (Å²) in [4.78, 5) is 18.3. The second kappa shape index (κ2) is 8.38. The Labute approximate surface area is 160 Å². The number of benzene rings is 1. The van der Waals surface area contributed by atoms with Crippen LogP contribution >= 0.6 is 22.9 Å². The van der Waals surface area contributed by atoms with Gasteiger partial charge >= 0.3 is 4.87 Å². The first kappa shape index (κ1) is 18.5. The molecule has 5 nitrogen and oxygen atoms in total. The van der Waals surface area contributed by atoms with Gasteiger partial charge in [0.05, 0.1) is 10.6 Å². The highest BCUT2D eigenvalue weighted by Gasteiger charge is 2.11. The first-order valence-electron chi connectivity index (χ1n) is 8.26. The topological polar surface area (TPSA) is 75.2 Å². The van der Waals surface area contributed by atoms with Crippen molar-refractivity contribution in [3.8, 4) is 11.6 Å². The van der Waals surface area contributed by atoms with Gasteiger partial charge < -0.3 is 9.84 Å². The van der Waals surface area contributed by atoms with Gasteiger partial charge in [-0.25, -0.2) is 0 Å². The van der Waals surface area contributed by atoms with Crippen molar-refractivity contribution in [1.29, 1.82) is 0 Å². The molecule has 2 N–H and O–H groups in total. The van der Waals surface area contributed by atoms with Crippen LogP contribution < -0.4 is 9.61 Å². The molecule has 26 heavy (non-hydrogen) atoms. The Balaban J connectivity index is 1.56. The average molecular weight is 391 g/mol. The summed E-state index contributed by atoms with van der Waals surface area (Å²) >= 11 is 7.37. The molecule has 3 rings (SSSR count). The van der Waals surface area contributed by atoms with Crippen molar-refractivity contribution in [2.75, 3.05) is 6.61 Å². The number of thiazole rings is 1. The molecule has 0 amide bonds. The lowest BCUT2D eigenvalue weighted by atomic mass is 10.1. The average Bonchev–Trinajstić information content (AvgIpc) is 2.98. The molecule has 0 saturated carbocycles. The Bertz CT molecular complexity index is 904. The highest BCUT2D eigenvalue weighted by molar-refractivity contribution is 7.09. The number of pyridine rings is 1. The molecule has 0 spiro atoms. The van der Waals surface area contributed by atoms with Crippen molar-refractivity contribution in [3.63, 3.8) is 0 Å². The third-order valence-corrected chi connectivity index (χ3v) is 5.18. The van der Waals surface area contributed by atoms with Gasteiger partial charge in [0.2, 0.25) is 5.88 Å². The molecule has 2 heterocycles. The third-order valence-electron chi connectivity index (χ3n) is 3.96. The lowest BCUT2D eigenvalue weighted by Crippen LogP contribution is -2.06. The fraction of sp³-hybridized carbons (Fsp3) is 0.263. The summed E-state index contributed by atoms with van der Waals surface area (Å²) < 4.78 is 5.74. The van der Waals surface area contributed by atoms with Crippen LogP contribution in [0.3, 0.4) is 0 Å². The fourth-order valence-electron chi connectivity index (χ4n) is 2.45. The van der Waals surface area contributed by atoms with Crippen molar-refractivity contribution in [2.24, 2.45) is 0 Å². The van der Waals surface area contributed by atoms with E-state index in [9.17, 15) is 9.90 Å². The van der Waals surface area contributed by atoms with Crippen LogP contribution in [-0.4, -0.2) is 21.7 Å². The predicted octanol–water partition coefficient (Wildman–Crippen LogP) is 4.05. The first-order valence-corrected chi connectivity index (χ1v) is 9.52. The molecule has 136 valence electrons. The molecule has 0 aliphatic heterocycles. The van der Waals surface area contributed by atoms with Gasteiger partial charge in [0, 0.05) is 12.6 Å². The number of aromatic nitrogens is 2. The number of nitrogens with one attached hydrogen (secondary N) is 1. The second-order valence-electron chi connectivity index (χ2n) is 5.83. The predicted molar refractivity (Wildman–Crippen MR) is 104 cm³/mol. The van der Waals surface area contributed by atoms with Crippen LogP contribution in [0.1, 0.15) is 34.0 Å². The van der Waals surface area contributed by atoms with E-state index >= 15 is 0 Å². The van der Waals surface area contributed by atoms with E-state index in [-0.39, 0.29) is 16.1 Å². The van der Waals surface area contributed by atoms with Crippen LogP contribution in [-0.2, 0) is 12.8 Å². The minimum Gasteiger partial charge on any atom is -0.494 e. The number of H-pyrrole nitrogens is 1. The number of hydrogen-bond donors (Lipinski definition) is 2. The van der Waals surface area contributed by atoms with Crippen LogP contribution in [0, 0.1) is 0 Å². The second-order valence-corrected chi connectivity index (χ2v) is 7.42. The van der Waals surface area contributed by atoms with Gasteiger partial charge in [0.1, 0.15) is 17.7 Å². The monoisotopic (exact) mass is 390 g/mol. The normalized spacial score (nSPS) is 12.1. The number of nitrogens with zero attached hydrogens (tertiary/aromatic N) is 1. The maximum absolute atomic E-state index is 11.2. The minimum absolute atomic E-state index is 0.0631. The maximum Gasteiger partial charge on any atom is 0.307 e. The lowest BCUT2D eigenvalue weighted by Gasteiger charge is -2.12. The Morgan fingerprint density at radius 2 is 1.96 bits per heavy atom. The zero-order valence-electron chi connectivity index (χ0n) is 14.2. The van der Waals surface area contributed by atoms with Crippen LogP contribution in [0.4, 0.5) is 0 Å². The zero-order chi connectivity index (χ0) is 18.5. The molecule has 1 atom stereocenters. The van der Waals surface area contributed by atoms with Gasteiger partial charge in [-0.15, -0.1) is 11.6 Å². The summed E-state index contributed by atoms with van der Waals surface area (Å²) in [6.45, 7) is 2.40. The van der Waals surface area contributed by atoms with Crippen LogP contribution in [0.15, 0.2) is 47.4 Å². The van der Waals surface area contributed by atoms with Crippen molar-refractivity contribution < 1.29 is 9.84 Å². The molecular formula is C19H19ClN2O3S. The van der Waals surface area contributed by atoms with E-state index < -0.39 is 0 Å². The Kier molecular flexibility index (Phi) is 5.96. The quantitative estimate of drug-likeness (QED) is 0.597. The molecule has 3 aromatic rings. The maximum atomic E-state index is 11.2. The highest BCUT2D eigenvalue weighted by Crippen LogP contribution is 2.23. The van der Waals surface area contributed by atoms with E-state index in [0.717, 1.165) is 29.0 Å². The van der Waals surface area contributed by atoms with Crippen molar-refractivity contribution in [3.05, 3.63) is 74.0 Å². The number of ether oxygens (including phenoxy) is 1. The van der Waals surface area contributed by atoms with Crippen LogP contribution in [0.25, 0.3) is 0 Å². The SMILES string of the molecule is CCc1ccc(C(Cl)COc2ccc(Cc3sc(=O)[nH]c3O)cc2)nc1. The van der Waals surface area contributed by atoms with Crippen LogP contribution in [0.5, 0.6) is 11.6 Å². The van der Waals surface area contributed by atoms with E-state index in [4.69, 9.17) is 16.3 Å². The Morgan fingerprint density at radius 1 is 1.23 bits per heavy atom. The molecule has 0 radical (unpaired) electrons. The number of aromatic amines is 1. The Morgan fingerprint density at radius 3 is 2.54 bits per heavy atom. The lowest BCUT2D eigenvalue weighted by molar-refractivity contribution is 0.315. The van der Waals surface area contributed by atoms with Gasteiger partial charge in [-0.1, -0.05) is 36.5 Å². The van der Waals surface area contributed by atoms with Gasteiger partial charge in [-0.3, -0.25) is 14.8 Å². The fourth-order valence-corrected chi connectivity index (χ4v) is 3.40. The first-order chi connectivity index (χ1) is 12.5. The molecule has 1 aromatic carbocycles. The molecule has 0 bridgehead atoms. The van der Waals surface area contributed by atoms with Crippen molar-refractivity contribution in [1.82, 2.24) is 9.97 Å². The standard InChI is InChI=1S/C19H19ClN2O3S/c1-2-12-5-8-16(21-10-12)15(20)11-25-14-6-3-13(4-7-14)9-17-18(23)22-19(24)26-17/h3-8,10,15,23H,2,9,11H2,1H3,(H,22,24). The molecule has 0 aliphatic rings. The summed E-state index contributed by atoms with van der Waals surface area (Å²) in [6, 6.07) is 11.4. The molecule has 0 saturated heterocycles. The van der Waals surface area contributed by atoms with E-state index in [1.165, 1.54) is 5.56 Å². The zero-order valence-corrected chi connectivity index (χ0v) is 15.8. The molecule has 0 fully saturated rings. The summed E-state index contributed by atoms with van der Waals surface area (Å²) in [6.07, 6.45) is 3.27. The number of hydrogen-bond acceptors (Lipinski definition) is 5. The number of aromatic hydroxyl groups is 1. The number of rotatable bonds is 7. The summed E-state index contributed by atoms with van der Waals surface area (Å²) in [7, 11) is 0.